The highest BCUT2D eigenvalue weighted by Crippen LogP contribution is 2.23. The van der Waals surface area contributed by atoms with E-state index in [9.17, 15) is 19.2 Å². The number of rotatable bonds is 6. The third kappa shape index (κ3) is 3.57. The second-order valence-electron chi connectivity index (χ2n) is 6.57. The van der Waals surface area contributed by atoms with Gasteiger partial charge in [-0.1, -0.05) is 18.2 Å². The maximum absolute atomic E-state index is 12.7. The monoisotopic (exact) mass is 411 g/mol. The highest BCUT2D eigenvalue weighted by Gasteiger charge is 2.39. The van der Waals surface area contributed by atoms with Crippen molar-refractivity contribution in [3.8, 4) is 0 Å². The zero-order valence-corrected chi connectivity index (χ0v) is 15.9. The first-order valence-electron chi connectivity index (χ1n) is 8.78. The molecule has 1 fully saturated rings. The smallest absolute Gasteiger partial charge is 0.325 e. The number of urea groups is 1. The second-order valence-corrected chi connectivity index (χ2v) is 7.48. The number of H-pyrrole nitrogens is 1. The number of nitrogens with zero attached hydrogens (tertiary/aromatic N) is 1. The molecule has 1 atom stereocenters. The van der Waals surface area contributed by atoms with Crippen LogP contribution in [-0.4, -0.2) is 46.2 Å². The molecule has 10 heteroatoms. The van der Waals surface area contributed by atoms with Crippen LogP contribution in [0.1, 0.15) is 15.9 Å². The Balaban J connectivity index is 1.43. The fourth-order valence-corrected chi connectivity index (χ4v) is 4.10. The number of nitrogens with one attached hydrogen (secondary N) is 3. The summed E-state index contributed by atoms with van der Waals surface area (Å²) in [5.74, 6) is -1.74. The minimum absolute atomic E-state index is 0.178. The molecule has 0 bridgehead atoms. The molecule has 0 radical (unpaired) electrons. The summed E-state index contributed by atoms with van der Waals surface area (Å²) in [4.78, 5) is 52.5. The number of para-hydroxylation sites is 1. The molecular formula is C19H17N5O4S. The van der Waals surface area contributed by atoms with Gasteiger partial charge in [0.15, 0.2) is 0 Å². The van der Waals surface area contributed by atoms with Crippen molar-refractivity contribution in [2.24, 2.45) is 5.73 Å². The van der Waals surface area contributed by atoms with E-state index in [1.54, 1.807) is 5.38 Å². The van der Waals surface area contributed by atoms with Gasteiger partial charge in [-0.3, -0.25) is 19.3 Å². The Morgan fingerprint density at radius 2 is 2.00 bits per heavy atom. The number of thiophene rings is 1. The Hall–Kier alpha value is -3.66. The highest BCUT2D eigenvalue weighted by atomic mass is 32.1. The molecule has 2 aromatic heterocycles. The van der Waals surface area contributed by atoms with Crippen molar-refractivity contribution in [3.63, 3.8) is 0 Å². The van der Waals surface area contributed by atoms with Gasteiger partial charge >= 0.3 is 6.03 Å². The Morgan fingerprint density at radius 3 is 2.79 bits per heavy atom. The van der Waals surface area contributed by atoms with Gasteiger partial charge in [-0.15, -0.1) is 11.3 Å². The van der Waals surface area contributed by atoms with E-state index < -0.39 is 36.3 Å². The first kappa shape index (κ1) is 18.7. The lowest BCUT2D eigenvalue weighted by Crippen LogP contribution is -2.38. The number of carbonyl (C=O) groups excluding carboxylic acids is 4. The highest BCUT2D eigenvalue weighted by molar-refractivity contribution is 7.14. The third-order valence-electron chi connectivity index (χ3n) is 4.69. The summed E-state index contributed by atoms with van der Waals surface area (Å²) in [6.45, 7) is -0.453. The quantitative estimate of drug-likeness (QED) is 0.456. The molecule has 5 N–H and O–H groups in total. The van der Waals surface area contributed by atoms with Crippen molar-refractivity contribution < 1.29 is 19.2 Å². The number of primary amides is 1. The lowest BCUT2D eigenvalue weighted by Gasteiger charge is -2.13. The Bertz CT molecular complexity index is 1130. The van der Waals surface area contributed by atoms with E-state index in [2.05, 4.69) is 15.6 Å². The van der Waals surface area contributed by atoms with Crippen LogP contribution >= 0.6 is 11.3 Å². The first-order valence-corrected chi connectivity index (χ1v) is 9.66. The first-order chi connectivity index (χ1) is 13.9. The van der Waals surface area contributed by atoms with Crippen molar-refractivity contribution in [2.45, 2.75) is 12.5 Å². The van der Waals surface area contributed by atoms with Crippen LogP contribution < -0.4 is 16.4 Å². The van der Waals surface area contributed by atoms with Gasteiger partial charge in [0, 0.05) is 23.5 Å². The lowest BCUT2D eigenvalue weighted by atomic mass is 10.1. The maximum Gasteiger partial charge on any atom is 0.325 e. The maximum atomic E-state index is 12.7. The summed E-state index contributed by atoms with van der Waals surface area (Å²) < 4.78 is 0. The van der Waals surface area contributed by atoms with Gasteiger partial charge in [0.1, 0.15) is 17.6 Å². The van der Waals surface area contributed by atoms with Crippen LogP contribution in [-0.2, 0) is 16.0 Å². The van der Waals surface area contributed by atoms with E-state index in [0.29, 0.717) is 6.42 Å². The van der Waals surface area contributed by atoms with Crippen LogP contribution in [0.3, 0.4) is 0 Å². The van der Waals surface area contributed by atoms with Crippen LogP contribution in [0.5, 0.6) is 0 Å². The number of carbonyl (C=O) groups is 4. The van der Waals surface area contributed by atoms with Gasteiger partial charge in [-0.2, -0.15) is 0 Å². The predicted molar refractivity (Wildman–Crippen MR) is 108 cm³/mol. The molecule has 0 spiro atoms. The molecule has 4 rings (SSSR count). The lowest BCUT2D eigenvalue weighted by molar-refractivity contribution is -0.130. The molecule has 3 aromatic rings. The van der Waals surface area contributed by atoms with E-state index >= 15 is 0 Å². The summed E-state index contributed by atoms with van der Waals surface area (Å²) in [6.07, 6.45) is 2.12. The summed E-state index contributed by atoms with van der Waals surface area (Å²) in [5, 5.41) is 8.02. The van der Waals surface area contributed by atoms with E-state index in [1.165, 1.54) is 6.07 Å². The number of hydrogen-bond donors (Lipinski definition) is 4. The van der Waals surface area contributed by atoms with Crippen molar-refractivity contribution in [1.29, 1.82) is 0 Å². The Labute approximate surface area is 168 Å². The van der Waals surface area contributed by atoms with Gasteiger partial charge in [0.25, 0.3) is 11.8 Å². The number of aromatic amines is 1. The van der Waals surface area contributed by atoms with E-state index in [4.69, 9.17) is 5.73 Å². The van der Waals surface area contributed by atoms with Crippen LogP contribution in [0.4, 0.5) is 9.80 Å². The molecule has 9 nitrogen and oxygen atoms in total. The largest absolute Gasteiger partial charge is 0.366 e. The molecular weight excluding hydrogens is 394 g/mol. The van der Waals surface area contributed by atoms with E-state index in [0.717, 1.165) is 32.7 Å². The molecule has 3 heterocycles. The number of aromatic nitrogens is 1. The van der Waals surface area contributed by atoms with Crippen LogP contribution in [0.25, 0.3) is 10.9 Å². The number of imide groups is 1. The predicted octanol–water partition coefficient (Wildman–Crippen LogP) is 1.43. The molecule has 29 heavy (non-hydrogen) atoms. The van der Waals surface area contributed by atoms with Gasteiger partial charge in [-0.25, -0.2) is 4.79 Å². The number of amides is 5. The van der Waals surface area contributed by atoms with Gasteiger partial charge in [-0.05, 0) is 23.1 Å². The zero-order chi connectivity index (χ0) is 20.5. The van der Waals surface area contributed by atoms with Gasteiger partial charge in [0.05, 0.1) is 5.56 Å². The van der Waals surface area contributed by atoms with Crippen LogP contribution in [0.15, 0.2) is 41.9 Å². The number of nitrogens with two attached hydrogens (primary N) is 1. The molecule has 148 valence electrons. The number of benzene rings is 1. The van der Waals surface area contributed by atoms with Crippen LogP contribution in [0, 0.1) is 0 Å². The molecule has 5 amide bonds. The summed E-state index contributed by atoms with van der Waals surface area (Å²) in [5.41, 5.74) is 7.27. The molecule has 0 aliphatic carbocycles. The molecule has 1 aromatic carbocycles. The minimum Gasteiger partial charge on any atom is -0.366 e. The summed E-state index contributed by atoms with van der Waals surface area (Å²) in [7, 11) is 0. The van der Waals surface area contributed by atoms with Crippen molar-refractivity contribution in [1.82, 2.24) is 15.2 Å². The SMILES string of the molecule is NC(=O)c1ccsc1NC(=O)CN1C(=O)N[C@H](Cc2c[nH]c3ccccc23)C1=O. The average molecular weight is 411 g/mol. The number of fused-ring (bicyclic) bond motifs is 1. The zero-order valence-electron chi connectivity index (χ0n) is 15.1. The summed E-state index contributed by atoms with van der Waals surface area (Å²) in [6, 6.07) is 7.78. The number of anilines is 1. The molecule has 1 aliphatic heterocycles. The standard InChI is InChI=1S/C19H17N5O4S/c20-16(26)12-5-6-29-17(12)23-15(25)9-24-18(27)14(22-19(24)28)7-10-8-21-13-4-2-1-3-11(10)13/h1-6,8,14,21H,7,9H2,(H2,20,26)(H,22,28)(H,23,25)/t14-/m1/s1. The second kappa shape index (κ2) is 7.40. The fourth-order valence-electron chi connectivity index (χ4n) is 3.30. The molecule has 1 aliphatic rings. The molecule has 1 saturated heterocycles. The van der Waals surface area contributed by atoms with E-state index in [-0.39, 0.29) is 10.6 Å². The average Bonchev–Trinajstić information content (AvgIpc) is 3.37. The normalized spacial score (nSPS) is 16.3. The summed E-state index contributed by atoms with van der Waals surface area (Å²) >= 11 is 1.13. The van der Waals surface area contributed by atoms with Crippen molar-refractivity contribution in [2.75, 3.05) is 11.9 Å². The van der Waals surface area contributed by atoms with Gasteiger partial charge < -0.3 is 21.4 Å². The minimum atomic E-state index is -0.752. The third-order valence-corrected chi connectivity index (χ3v) is 5.52. The van der Waals surface area contributed by atoms with E-state index in [1.807, 2.05) is 30.5 Å². The van der Waals surface area contributed by atoms with Crippen molar-refractivity contribution >= 4 is 51.0 Å². The molecule has 0 unspecified atom stereocenters. The number of hydrogen-bond acceptors (Lipinski definition) is 5. The van der Waals surface area contributed by atoms with Crippen molar-refractivity contribution in [3.05, 3.63) is 53.0 Å². The molecule has 0 saturated carbocycles. The Kier molecular flexibility index (Phi) is 4.77. The topological polar surface area (TPSA) is 137 Å². The van der Waals surface area contributed by atoms with Gasteiger partial charge in [0.2, 0.25) is 5.91 Å². The fraction of sp³-hybridized carbons (Fsp3) is 0.158. The van der Waals surface area contributed by atoms with Crippen LogP contribution in [0.2, 0.25) is 0 Å². The Morgan fingerprint density at radius 1 is 1.21 bits per heavy atom.